The first-order valence-electron chi connectivity index (χ1n) is 4.97. The lowest BCUT2D eigenvalue weighted by atomic mass is 10.1. The summed E-state index contributed by atoms with van der Waals surface area (Å²) in [6.07, 6.45) is -0.317. The number of amides is 1. The van der Waals surface area contributed by atoms with E-state index in [4.69, 9.17) is 5.73 Å². The lowest BCUT2D eigenvalue weighted by molar-refractivity contribution is -0.121. The van der Waals surface area contributed by atoms with Crippen LogP contribution in [0.15, 0.2) is 18.2 Å². The molecule has 1 rings (SSSR count). The Morgan fingerprint density at radius 1 is 1.41 bits per heavy atom. The second-order valence-electron chi connectivity index (χ2n) is 3.58. The maximum atomic E-state index is 13.2. The monoisotopic (exact) mass is 264 g/mol. The molecule has 1 atom stereocenters. The fraction of sp³-hybridized carbons (Fsp3) is 0.364. The third-order valence-electron chi connectivity index (χ3n) is 2.16. The number of benzene rings is 1. The van der Waals surface area contributed by atoms with Crippen molar-refractivity contribution in [1.82, 2.24) is 5.32 Å². The van der Waals surface area contributed by atoms with E-state index in [1.807, 2.05) is 0 Å². The summed E-state index contributed by atoms with van der Waals surface area (Å²) in [6, 6.07) is 3.30. The molecule has 0 saturated carbocycles. The molecular formula is C11H15ClF2N2O. The zero-order valence-electron chi connectivity index (χ0n) is 9.37. The topological polar surface area (TPSA) is 55.1 Å². The molecule has 96 valence electrons. The number of nitrogens with two attached hydrogens (primary N) is 1. The minimum Gasteiger partial charge on any atom is -0.352 e. The molecule has 6 heteroatoms. The number of hydrogen-bond donors (Lipinski definition) is 2. The largest absolute Gasteiger partial charge is 0.352 e. The van der Waals surface area contributed by atoms with E-state index in [9.17, 15) is 13.6 Å². The molecule has 1 amide bonds. The van der Waals surface area contributed by atoms with Gasteiger partial charge in [0.05, 0.1) is 6.42 Å². The summed E-state index contributed by atoms with van der Waals surface area (Å²) in [5.41, 5.74) is 5.09. The van der Waals surface area contributed by atoms with Crippen molar-refractivity contribution in [2.24, 2.45) is 5.73 Å². The van der Waals surface area contributed by atoms with Gasteiger partial charge in [-0.1, -0.05) is 6.07 Å². The van der Waals surface area contributed by atoms with Gasteiger partial charge in [-0.3, -0.25) is 4.79 Å². The highest BCUT2D eigenvalue weighted by atomic mass is 35.5. The fourth-order valence-electron chi connectivity index (χ4n) is 1.25. The smallest absolute Gasteiger partial charge is 0.224 e. The summed E-state index contributed by atoms with van der Waals surface area (Å²) in [6.45, 7) is 2.00. The Kier molecular flexibility index (Phi) is 6.68. The summed E-state index contributed by atoms with van der Waals surface area (Å²) in [4.78, 5) is 11.4. The molecule has 1 aromatic carbocycles. The van der Waals surface area contributed by atoms with Crippen molar-refractivity contribution in [3.05, 3.63) is 35.4 Å². The molecule has 0 heterocycles. The predicted molar refractivity (Wildman–Crippen MR) is 64.0 cm³/mol. The Morgan fingerprint density at radius 3 is 2.41 bits per heavy atom. The fourth-order valence-corrected chi connectivity index (χ4v) is 1.25. The van der Waals surface area contributed by atoms with Gasteiger partial charge in [0.15, 0.2) is 0 Å². The van der Waals surface area contributed by atoms with Crippen molar-refractivity contribution >= 4 is 18.3 Å². The number of hydrogen-bond acceptors (Lipinski definition) is 2. The first-order chi connectivity index (χ1) is 7.54. The second-order valence-corrected chi connectivity index (χ2v) is 3.58. The molecule has 0 spiro atoms. The van der Waals surface area contributed by atoms with Gasteiger partial charge in [-0.05, 0) is 19.1 Å². The molecule has 0 unspecified atom stereocenters. The Balaban J connectivity index is 0.00000256. The molecule has 17 heavy (non-hydrogen) atoms. The van der Waals surface area contributed by atoms with E-state index < -0.39 is 17.5 Å². The van der Waals surface area contributed by atoms with Crippen LogP contribution in [0.4, 0.5) is 8.78 Å². The van der Waals surface area contributed by atoms with Gasteiger partial charge in [-0.25, -0.2) is 8.78 Å². The van der Waals surface area contributed by atoms with E-state index in [1.165, 1.54) is 6.07 Å². The predicted octanol–water partition coefficient (Wildman–Crippen LogP) is 1.39. The van der Waals surface area contributed by atoms with Gasteiger partial charge in [0.25, 0.3) is 0 Å². The van der Waals surface area contributed by atoms with Crippen LogP contribution in [-0.2, 0) is 11.2 Å². The Morgan fingerprint density at radius 2 is 1.94 bits per heavy atom. The first-order valence-corrected chi connectivity index (χ1v) is 4.97. The van der Waals surface area contributed by atoms with Gasteiger partial charge in [0.1, 0.15) is 11.6 Å². The van der Waals surface area contributed by atoms with Gasteiger partial charge < -0.3 is 11.1 Å². The van der Waals surface area contributed by atoms with Crippen LogP contribution in [0.25, 0.3) is 0 Å². The van der Waals surface area contributed by atoms with Crippen molar-refractivity contribution in [1.29, 1.82) is 0 Å². The standard InChI is InChI=1S/C11H14F2N2O.ClH/c1-7(6-14)15-11(16)5-8-9(12)3-2-4-10(8)13;/h2-4,7H,5-6,14H2,1H3,(H,15,16);1H/t7-;/m1./s1. The molecule has 1 aromatic rings. The zero-order valence-corrected chi connectivity index (χ0v) is 10.2. The van der Waals surface area contributed by atoms with Crippen LogP contribution in [0.1, 0.15) is 12.5 Å². The van der Waals surface area contributed by atoms with Crippen molar-refractivity contribution < 1.29 is 13.6 Å². The van der Waals surface area contributed by atoms with Gasteiger partial charge in [0, 0.05) is 18.2 Å². The zero-order chi connectivity index (χ0) is 12.1. The Labute approximate surface area is 105 Å². The van der Waals surface area contributed by atoms with Crippen LogP contribution in [0.2, 0.25) is 0 Å². The van der Waals surface area contributed by atoms with E-state index in [2.05, 4.69) is 5.32 Å². The number of halogens is 3. The Hall–Kier alpha value is -1.20. The van der Waals surface area contributed by atoms with Gasteiger partial charge in [-0.2, -0.15) is 0 Å². The highest BCUT2D eigenvalue weighted by molar-refractivity contribution is 5.85. The SMILES string of the molecule is C[C@H](CN)NC(=O)Cc1c(F)cccc1F.Cl. The molecule has 3 N–H and O–H groups in total. The average molecular weight is 265 g/mol. The van der Waals surface area contributed by atoms with Crippen LogP contribution >= 0.6 is 12.4 Å². The van der Waals surface area contributed by atoms with E-state index in [-0.39, 0.29) is 37.0 Å². The number of carbonyl (C=O) groups excluding carboxylic acids is 1. The van der Waals surface area contributed by atoms with Crippen LogP contribution in [-0.4, -0.2) is 18.5 Å². The van der Waals surface area contributed by atoms with Crippen molar-refractivity contribution in [3.63, 3.8) is 0 Å². The quantitative estimate of drug-likeness (QED) is 0.864. The maximum Gasteiger partial charge on any atom is 0.224 e. The van der Waals surface area contributed by atoms with E-state index in [0.29, 0.717) is 0 Å². The van der Waals surface area contributed by atoms with Crippen molar-refractivity contribution in [2.75, 3.05) is 6.54 Å². The number of rotatable bonds is 4. The van der Waals surface area contributed by atoms with Crippen LogP contribution in [0.5, 0.6) is 0 Å². The second kappa shape index (κ2) is 7.19. The summed E-state index contributed by atoms with van der Waals surface area (Å²) in [7, 11) is 0. The Bertz CT molecular complexity index is 367. The molecule has 0 aliphatic heterocycles. The maximum absolute atomic E-state index is 13.2. The third kappa shape index (κ3) is 4.66. The van der Waals surface area contributed by atoms with Crippen molar-refractivity contribution in [3.8, 4) is 0 Å². The first kappa shape index (κ1) is 15.8. The summed E-state index contributed by atoms with van der Waals surface area (Å²) < 4.78 is 26.4. The molecule has 0 aliphatic carbocycles. The molecule has 0 bridgehead atoms. The minimum atomic E-state index is -0.712. The van der Waals surface area contributed by atoms with Gasteiger partial charge >= 0.3 is 0 Å². The summed E-state index contributed by atoms with van der Waals surface area (Å²) in [5, 5.41) is 2.54. The number of nitrogens with one attached hydrogen (secondary N) is 1. The van der Waals surface area contributed by atoms with Gasteiger partial charge in [0.2, 0.25) is 5.91 Å². The molecule has 0 saturated heterocycles. The lowest BCUT2D eigenvalue weighted by Gasteiger charge is -2.11. The van der Waals surface area contributed by atoms with Crippen LogP contribution in [0.3, 0.4) is 0 Å². The molecule has 0 aromatic heterocycles. The summed E-state index contributed by atoms with van der Waals surface area (Å²) in [5.74, 6) is -1.87. The lowest BCUT2D eigenvalue weighted by Crippen LogP contribution is -2.38. The highest BCUT2D eigenvalue weighted by Gasteiger charge is 2.13. The minimum absolute atomic E-state index is 0. The third-order valence-corrected chi connectivity index (χ3v) is 2.16. The molecule has 0 fully saturated rings. The molecular weight excluding hydrogens is 250 g/mol. The average Bonchev–Trinajstić information content (AvgIpc) is 2.23. The van der Waals surface area contributed by atoms with Crippen LogP contribution in [0, 0.1) is 11.6 Å². The van der Waals surface area contributed by atoms with Crippen LogP contribution < -0.4 is 11.1 Å². The molecule has 0 aliphatic rings. The number of carbonyl (C=O) groups is 1. The molecule has 0 radical (unpaired) electrons. The van der Waals surface area contributed by atoms with Crippen molar-refractivity contribution in [2.45, 2.75) is 19.4 Å². The molecule has 3 nitrogen and oxygen atoms in total. The van der Waals surface area contributed by atoms with E-state index in [0.717, 1.165) is 12.1 Å². The normalized spacial score (nSPS) is 11.5. The van der Waals surface area contributed by atoms with E-state index in [1.54, 1.807) is 6.92 Å². The van der Waals surface area contributed by atoms with Gasteiger partial charge in [-0.15, -0.1) is 12.4 Å². The van der Waals surface area contributed by atoms with E-state index >= 15 is 0 Å². The highest BCUT2D eigenvalue weighted by Crippen LogP contribution is 2.12. The summed E-state index contributed by atoms with van der Waals surface area (Å²) >= 11 is 0.